The molecule has 0 saturated carbocycles. The van der Waals surface area contributed by atoms with Crippen LogP contribution < -0.4 is 5.32 Å². The molecule has 0 aliphatic carbocycles. The molecule has 0 saturated heterocycles. The minimum atomic E-state index is 0.538. The molecule has 0 bridgehead atoms. The molecule has 330 valence electrons. The topological polar surface area (TPSA) is 68.8 Å². The molecule has 4 aromatic heterocycles. The van der Waals surface area contributed by atoms with Crippen molar-refractivity contribution >= 4 is 97.4 Å². The molecule has 0 atom stereocenters. The number of aromatic nitrogens is 4. The second kappa shape index (κ2) is 16.1. The Kier molecular flexibility index (Phi) is 9.25. The van der Waals surface area contributed by atoms with E-state index in [2.05, 4.69) is 217 Å². The smallest absolute Gasteiger partial charge is 0.166 e. The van der Waals surface area contributed by atoms with Crippen LogP contribution in [0.3, 0.4) is 0 Å². The second-order valence-electron chi connectivity index (χ2n) is 17.8. The first-order chi connectivity index (χ1) is 34.7. The van der Waals surface area contributed by atoms with Gasteiger partial charge in [-0.3, -0.25) is 0 Å². The molecule has 14 rings (SSSR count). The summed E-state index contributed by atoms with van der Waals surface area (Å²) in [6.45, 7) is 2.22. The molecule has 0 aliphatic heterocycles. The molecule has 1 N–H and O–H groups in total. The van der Waals surface area contributed by atoms with Gasteiger partial charge < -0.3 is 14.3 Å². The van der Waals surface area contributed by atoms with Gasteiger partial charge in [0.05, 0.1) is 22.3 Å². The Hall–Kier alpha value is -8.91. The molecule has 4 heterocycles. The van der Waals surface area contributed by atoms with E-state index in [1.54, 1.807) is 11.3 Å². The van der Waals surface area contributed by atoms with Gasteiger partial charge in [0.2, 0.25) is 0 Å². The Labute approximate surface area is 406 Å². The minimum absolute atomic E-state index is 0.538. The highest BCUT2D eigenvalue weighted by atomic mass is 32.1. The lowest BCUT2D eigenvalue weighted by atomic mass is 9.94. The summed E-state index contributed by atoms with van der Waals surface area (Å²) in [5, 5.41) is 12.8. The molecule has 0 aliphatic rings. The Bertz CT molecular complexity index is 4390. The van der Waals surface area contributed by atoms with Gasteiger partial charge in [-0.25, -0.2) is 15.0 Å². The molecular formula is C63H41N5OS. The van der Waals surface area contributed by atoms with Gasteiger partial charge in [-0.05, 0) is 95.1 Å². The number of hydrogen-bond donors (Lipinski definition) is 1. The third-order valence-electron chi connectivity index (χ3n) is 13.8. The summed E-state index contributed by atoms with van der Waals surface area (Å²) in [5.41, 5.74) is 12.9. The summed E-state index contributed by atoms with van der Waals surface area (Å²) in [4.78, 5) is 16.8. The number of nitrogens with one attached hydrogen (secondary N) is 1. The predicted molar refractivity (Wildman–Crippen MR) is 293 cm³/mol. The average Bonchev–Trinajstić information content (AvgIpc) is 4.11. The van der Waals surface area contributed by atoms with Crippen LogP contribution in [0.25, 0.3) is 126 Å². The van der Waals surface area contributed by atoms with E-state index < -0.39 is 0 Å². The maximum absolute atomic E-state index is 6.68. The molecule has 6 nitrogen and oxygen atoms in total. The molecule has 0 unspecified atom stereocenters. The number of thiophene rings is 1. The lowest BCUT2D eigenvalue weighted by molar-refractivity contribution is 0.669. The van der Waals surface area contributed by atoms with Crippen LogP contribution in [0.2, 0.25) is 0 Å². The third-order valence-corrected chi connectivity index (χ3v) is 15.0. The van der Waals surface area contributed by atoms with Crippen LogP contribution >= 0.6 is 11.3 Å². The summed E-state index contributed by atoms with van der Waals surface area (Å²) in [6, 6.07) is 75.1. The van der Waals surface area contributed by atoms with Crippen molar-refractivity contribution in [3.05, 3.63) is 218 Å². The van der Waals surface area contributed by atoms with Crippen LogP contribution in [0, 0.1) is 0 Å². The van der Waals surface area contributed by atoms with E-state index in [0.29, 0.717) is 17.5 Å². The number of para-hydroxylation sites is 3. The van der Waals surface area contributed by atoms with Gasteiger partial charge in [-0.15, -0.1) is 11.3 Å². The van der Waals surface area contributed by atoms with Gasteiger partial charge in [-0.1, -0.05) is 153 Å². The van der Waals surface area contributed by atoms with Crippen LogP contribution in [-0.2, 0) is 6.42 Å². The van der Waals surface area contributed by atoms with E-state index in [4.69, 9.17) is 19.4 Å². The Morgan fingerprint density at radius 3 is 1.91 bits per heavy atom. The van der Waals surface area contributed by atoms with Gasteiger partial charge in [0.1, 0.15) is 11.2 Å². The minimum Gasteiger partial charge on any atom is -0.456 e. The van der Waals surface area contributed by atoms with Crippen LogP contribution in [0.5, 0.6) is 0 Å². The summed E-state index contributed by atoms with van der Waals surface area (Å²) < 4.78 is 11.4. The van der Waals surface area contributed by atoms with Crippen molar-refractivity contribution in [3.63, 3.8) is 0 Å². The number of furan rings is 1. The van der Waals surface area contributed by atoms with Crippen molar-refractivity contribution in [2.45, 2.75) is 13.3 Å². The standard InChI is InChI=1S/C63H41N5OS/c1-2-38-18-8-9-23-42(38)48-36-39-19-6-7-20-40(39)37-50(48)64-49-34-35-54-59(44-25-11-14-31-53(44)69-54)60(49)63-66-61(65-62(67-63)47-28-17-33-56-58(47)45-26-12-15-32-55(45)70-56)46-27-16-30-52-57(46)43-24-10-13-29-51(43)68(52)41-21-4-3-5-22-41/h3-37,64H,2H2,1H3. The summed E-state index contributed by atoms with van der Waals surface area (Å²) in [5.74, 6) is 1.71. The normalized spacial score (nSPS) is 11.8. The molecule has 7 heteroatoms. The quantitative estimate of drug-likeness (QED) is 0.164. The number of anilines is 2. The molecule has 0 fully saturated rings. The molecule has 10 aromatic carbocycles. The number of hydrogen-bond acceptors (Lipinski definition) is 6. The fourth-order valence-corrected chi connectivity index (χ4v) is 11.8. The summed E-state index contributed by atoms with van der Waals surface area (Å²) in [7, 11) is 0. The van der Waals surface area contributed by atoms with Crippen LogP contribution in [0.4, 0.5) is 11.4 Å². The largest absolute Gasteiger partial charge is 0.456 e. The van der Waals surface area contributed by atoms with E-state index in [1.165, 1.54) is 31.3 Å². The van der Waals surface area contributed by atoms with E-state index in [1.807, 2.05) is 12.1 Å². The number of nitrogens with zero attached hydrogens (tertiary/aromatic N) is 4. The average molecular weight is 916 g/mol. The first-order valence-corrected chi connectivity index (χ1v) is 24.6. The summed E-state index contributed by atoms with van der Waals surface area (Å²) in [6.07, 6.45) is 0.903. The Morgan fingerprint density at radius 2 is 1.07 bits per heavy atom. The van der Waals surface area contributed by atoms with Crippen molar-refractivity contribution < 1.29 is 4.42 Å². The highest BCUT2D eigenvalue weighted by molar-refractivity contribution is 7.25. The van der Waals surface area contributed by atoms with Gasteiger partial charge in [0.25, 0.3) is 0 Å². The van der Waals surface area contributed by atoms with E-state index in [0.717, 1.165) is 100 Å². The van der Waals surface area contributed by atoms with Crippen molar-refractivity contribution in [2.75, 3.05) is 5.32 Å². The molecule has 70 heavy (non-hydrogen) atoms. The van der Waals surface area contributed by atoms with Gasteiger partial charge in [0, 0.05) is 69.8 Å². The second-order valence-corrected chi connectivity index (χ2v) is 18.9. The summed E-state index contributed by atoms with van der Waals surface area (Å²) >= 11 is 1.79. The zero-order valence-corrected chi connectivity index (χ0v) is 38.8. The number of aryl methyl sites for hydroxylation is 1. The maximum Gasteiger partial charge on any atom is 0.166 e. The molecule has 0 spiro atoms. The highest BCUT2D eigenvalue weighted by Crippen LogP contribution is 2.46. The number of fused-ring (bicyclic) bond motifs is 10. The number of benzene rings is 10. The number of rotatable bonds is 8. The first kappa shape index (κ1) is 40.2. The lowest BCUT2D eigenvalue weighted by Crippen LogP contribution is -2.04. The predicted octanol–water partition coefficient (Wildman–Crippen LogP) is 17.4. The van der Waals surface area contributed by atoms with Crippen LogP contribution in [0.1, 0.15) is 12.5 Å². The monoisotopic (exact) mass is 915 g/mol. The van der Waals surface area contributed by atoms with E-state index in [-0.39, 0.29) is 0 Å². The van der Waals surface area contributed by atoms with Crippen molar-refractivity contribution in [1.82, 2.24) is 19.5 Å². The molecule has 0 radical (unpaired) electrons. The Balaban J connectivity index is 1.09. The fraction of sp³-hybridized carbons (Fsp3) is 0.0317. The van der Waals surface area contributed by atoms with Crippen molar-refractivity contribution in [2.24, 2.45) is 0 Å². The van der Waals surface area contributed by atoms with Crippen molar-refractivity contribution in [1.29, 1.82) is 0 Å². The highest BCUT2D eigenvalue weighted by Gasteiger charge is 2.25. The fourth-order valence-electron chi connectivity index (χ4n) is 10.7. The van der Waals surface area contributed by atoms with E-state index in [9.17, 15) is 0 Å². The molecular weight excluding hydrogens is 875 g/mol. The van der Waals surface area contributed by atoms with E-state index >= 15 is 0 Å². The van der Waals surface area contributed by atoms with Gasteiger partial charge in [0.15, 0.2) is 17.5 Å². The van der Waals surface area contributed by atoms with Crippen LogP contribution in [0.15, 0.2) is 217 Å². The molecule has 0 amide bonds. The first-order valence-electron chi connectivity index (χ1n) is 23.7. The Morgan fingerprint density at radius 1 is 0.443 bits per heavy atom. The maximum atomic E-state index is 6.68. The third kappa shape index (κ3) is 6.36. The molecule has 14 aromatic rings. The van der Waals surface area contributed by atoms with Gasteiger partial charge >= 0.3 is 0 Å². The van der Waals surface area contributed by atoms with Crippen molar-refractivity contribution in [3.8, 4) is 51.0 Å². The van der Waals surface area contributed by atoms with Crippen LogP contribution in [-0.4, -0.2) is 19.5 Å². The SMILES string of the molecule is CCc1ccccc1-c1cc2ccccc2cc1Nc1ccc2oc3ccccc3c2c1-c1nc(-c2cccc3sc4ccccc4c23)nc(-c2cccc3c2c2ccccc2n3-c2ccccc2)n1. The lowest BCUT2D eigenvalue weighted by Gasteiger charge is -2.19. The zero-order chi connectivity index (χ0) is 46.3. The van der Waals surface area contributed by atoms with Gasteiger partial charge in [-0.2, -0.15) is 0 Å². The zero-order valence-electron chi connectivity index (χ0n) is 38.0.